The molecule has 0 atom stereocenters. The number of furan rings is 1. The van der Waals surface area contributed by atoms with Gasteiger partial charge in [0.15, 0.2) is 5.76 Å². The fourth-order valence-electron chi connectivity index (χ4n) is 2.94. The predicted molar refractivity (Wildman–Crippen MR) is 87.0 cm³/mol. The van der Waals surface area contributed by atoms with Crippen molar-refractivity contribution in [3.8, 4) is 0 Å². The molecule has 23 heavy (non-hydrogen) atoms. The Kier molecular flexibility index (Phi) is 4.16. The largest absolute Gasteiger partial charge is 0.451 e. The zero-order valence-electron chi connectivity index (χ0n) is 13.3. The number of sulfonamides is 1. The van der Waals surface area contributed by atoms with E-state index >= 15 is 0 Å². The van der Waals surface area contributed by atoms with Gasteiger partial charge in [0.05, 0.1) is 4.90 Å². The van der Waals surface area contributed by atoms with E-state index in [1.165, 1.54) is 11.4 Å². The number of carbonyl (C=O) groups is 1. The van der Waals surface area contributed by atoms with Gasteiger partial charge in [-0.2, -0.15) is 4.31 Å². The normalized spacial score (nSPS) is 16.6. The summed E-state index contributed by atoms with van der Waals surface area (Å²) in [7, 11) is -1.97. The van der Waals surface area contributed by atoms with Crippen LogP contribution in [0, 0.1) is 6.92 Å². The second kappa shape index (κ2) is 5.98. The molecule has 1 fully saturated rings. The minimum Gasteiger partial charge on any atom is -0.451 e. The van der Waals surface area contributed by atoms with Gasteiger partial charge in [0.25, 0.3) is 5.91 Å². The summed E-state index contributed by atoms with van der Waals surface area (Å²) in [5, 5.41) is 3.17. The number of aryl methyl sites for hydroxylation is 1. The van der Waals surface area contributed by atoms with Crippen LogP contribution in [0.3, 0.4) is 0 Å². The van der Waals surface area contributed by atoms with E-state index in [9.17, 15) is 13.2 Å². The number of hydrogen-bond donors (Lipinski definition) is 1. The van der Waals surface area contributed by atoms with E-state index in [1.807, 2.05) is 0 Å². The van der Waals surface area contributed by atoms with Crippen molar-refractivity contribution in [2.45, 2.75) is 31.1 Å². The molecule has 1 amide bonds. The van der Waals surface area contributed by atoms with E-state index < -0.39 is 10.0 Å². The van der Waals surface area contributed by atoms with Crippen LogP contribution in [0.15, 0.2) is 27.5 Å². The Bertz CT molecular complexity index is 848. The molecule has 1 N–H and O–H groups in total. The fourth-order valence-corrected chi connectivity index (χ4v) is 4.49. The third-order valence-electron chi connectivity index (χ3n) is 4.29. The van der Waals surface area contributed by atoms with Gasteiger partial charge in [0.2, 0.25) is 10.0 Å². The van der Waals surface area contributed by atoms with Crippen molar-refractivity contribution in [3.63, 3.8) is 0 Å². The summed E-state index contributed by atoms with van der Waals surface area (Å²) < 4.78 is 32.6. The third kappa shape index (κ3) is 2.74. The van der Waals surface area contributed by atoms with Gasteiger partial charge in [-0.3, -0.25) is 4.79 Å². The highest BCUT2D eigenvalue weighted by atomic mass is 32.2. The maximum Gasteiger partial charge on any atom is 0.287 e. The monoisotopic (exact) mass is 336 g/mol. The molecular weight excluding hydrogens is 316 g/mol. The molecule has 2 heterocycles. The summed E-state index contributed by atoms with van der Waals surface area (Å²) in [6, 6.07) is 4.76. The van der Waals surface area contributed by atoms with E-state index in [2.05, 4.69) is 5.32 Å². The molecule has 0 aliphatic carbocycles. The third-order valence-corrected chi connectivity index (χ3v) is 6.19. The van der Waals surface area contributed by atoms with Gasteiger partial charge < -0.3 is 9.73 Å². The maximum atomic E-state index is 12.8. The highest BCUT2D eigenvalue weighted by molar-refractivity contribution is 7.89. The first-order valence-corrected chi connectivity index (χ1v) is 9.14. The van der Waals surface area contributed by atoms with Crippen molar-refractivity contribution < 1.29 is 17.6 Å². The molecule has 6 nitrogen and oxygen atoms in total. The second-order valence-electron chi connectivity index (χ2n) is 5.76. The van der Waals surface area contributed by atoms with Crippen LogP contribution in [-0.2, 0) is 10.0 Å². The van der Waals surface area contributed by atoms with Gasteiger partial charge in [0, 0.05) is 31.1 Å². The molecule has 1 saturated heterocycles. The van der Waals surface area contributed by atoms with E-state index in [-0.39, 0.29) is 16.6 Å². The Hall–Kier alpha value is -1.86. The Balaban J connectivity index is 2.06. The van der Waals surface area contributed by atoms with Crippen LogP contribution < -0.4 is 5.32 Å². The van der Waals surface area contributed by atoms with Gasteiger partial charge in [-0.05, 0) is 38.0 Å². The lowest BCUT2D eigenvalue weighted by Gasteiger charge is -2.25. The minimum absolute atomic E-state index is 0.218. The SMILES string of the molecule is CNC(=O)c1oc2ccc(S(=O)(=O)N3CCCCC3)cc2c1C. The van der Waals surface area contributed by atoms with Crippen LogP contribution in [0.1, 0.15) is 35.4 Å². The number of benzene rings is 1. The van der Waals surface area contributed by atoms with Crippen LogP contribution in [0.25, 0.3) is 11.0 Å². The Morgan fingerprint density at radius 3 is 2.57 bits per heavy atom. The number of fused-ring (bicyclic) bond motifs is 1. The van der Waals surface area contributed by atoms with Crippen molar-refractivity contribution in [3.05, 3.63) is 29.5 Å². The molecule has 1 aromatic carbocycles. The molecule has 0 saturated carbocycles. The number of nitrogens with zero attached hydrogens (tertiary/aromatic N) is 1. The molecular formula is C16H20N2O4S. The quantitative estimate of drug-likeness (QED) is 0.932. The van der Waals surface area contributed by atoms with Crippen molar-refractivity contribution in [2.75, 3.05) is 20.1 Å². The molecule has 1 aromatic heterocycles. The van der Waals surface area contributed by atoms with Crippen molar-refractivity contribution in [2.24, 2.45) is 0 Å². The Labute approximate surface area is 135 Å². The minimum atomic E-state index is -3.50. The molecule has 1 aliphatic heterocycles. The average molecular weight is 336 g/mol. The molecule has 0 radical (unpaired) electrons. The molecule has 7 heteroatoms. The Morgan fingerprint density at radius 2 is 1.91 bits per heavy atom. The number of hydrogen-bond acceptors (Lipinski definition) is 4. The van der Waals surface area contributed by atoms with Crippen LogP contribution >= 0.6 is 0 Å². The lowest BCUT2D eigenvalue weighted by atomic mass is 10.1. The molecule has 3 rings (SSSR count). The average Bonchev–Trinajstić information content (AvgIpc) is 2.91. The lowest BCUT2D eigenvalue weighted by molar-refractivity contribution is 0.0937. The van der Waals surface area contributed by atoms with E-state index in [0.717, 1.165) is 19.3 Å². The fraction of sp³-hybridized carbons (Fsp3) is 0.438. The van der Waals surface area contributed by atoms with Gasteiger partial charge >= 0.3 is 0 Å². The van der Waals surface area contributed by atoms with E-state index in [4.69, 9.17) is 4.42 Å². The number of piperidine rings is 1. The van der Waals surface area contributed by atoms with Crippen LogP contribution in [-0.4, -0.2) is 38.8 Å². The van der Waals surface area contributed by atoms with Crippen LogP contribution in [0.2, 0.25) is 0 Å². The maximum absolute atomic E-state index is 12.8. The molecule has 0 bridgehead atoms. The van der Waals surface area contributed by atoms with Gasteiger partial charge in [0.1, 0.15) is 5.58 Å². The van der Waals surface area contributed by atoms with Gasteiger partial charge in [-0.15, -0.1) is 0 Å². The number of rotatable bonds is 3. The van der Waals surface area contributed by atoms with Crippen LogP contribution in [0.4, 0.5) is 0 Å². The lowest BCUT2D eigenvalue weighted by Crippen LogP contribution is -2.35. The first kappa shape index (κ1) is 16.0. The molecule has 2 aromatic rings. The van der Waals surface area contributed by atoms with Gasteiger partial charge in [-0.1, -0.05) is 6.42 Å². The van der Waals surface area contributed by atoms with E-state index in [0.29, 0.717) is 29.6 Å². The predicted octanol–water partition coefficient (Wildman–Crippen LogP) is 2.28. The number of amides is 1. The molecule has 0 spiro atoms. The molecule has 0 unspecified atom stereocenters. The number of nitrogens with one attached hydrogen (secondary N) is 1. The highest BCUT2D eigenvalue weighted by Gasteiger charge is 2.27. The van der Waals surface area contributed by atoms with Crippen molar-refractivity contribution in [1.82, 2.24) is 9.62 Å². The molecule has 124 valence electrons. The first-order valence-electron chi connectivity index (χ1n) is 7.70. The second-order valence-corrected chi connectivity index (χ2v) is 7.70. The van der Waals surface area contributed by atoms with Crippen molar-refractivity contribution >= 4 is 26.9 Å². The zero-order chi connectivity index (χ0) is 16.6. The van der Waals surface area contributed by atoms with Gasteiger partial charge in [-0.25, -0.2) is 8.42 Å². The van der Waals surface area contributed by atoms with Crippen LogP contribution in [0.5, 0.6) is 0 Å². The first-order chi connectivity index (χ1) is 10.9. The summed E-state index contributed by atoms with van der Waals surface area (Å²) in [5.74, 6) is -0.103. The summed E-state index contributed by atoms with van der Waals surface area (Å²) in [5.41, 5.74) is 1.16. The smallest absolute Gasteiger partial charge is 0.287 e. The zero-order valence-corrected chi connectivity index (χ0v) is 14.1. The molecule has 1 aliphatic rings. The van der Waals surface area contributed by atoms with E-state index in [1.54, 1.807) is 25.1 Å². The summed E-state index contributed by atoms with van der Waals surface area (Å²) in [4.78, 5) is 12.1. The Morgan fingerprint density at radius 1 is 1.22 bits per heavy atom. The summed E-state index contributed by atoms with van der Waals surface area (Å²) in [6.07, 6.45) is 2.86. The number of carbonyl (C=O) groups excluding carboxylic acids is 1. The van der Waals surface area contributed by atoms with Crippen molar-refractivity contribution in [1.29, 1.82) is 0 Å². The summed E-state index contributed by atoms with van der Waals surface area (Å²) >= 11 is 0. The topological polar surface area (TPSA) is 79.6 Å². The standard InChI is InChI=1S/C16H20N2O4S/c1-11-13-10-12(23(20,21)18-8-4-3-5-9-18)6-7-14(13)22-15(11)16(19)17-2/h6-7,10H,3-5,8-9H2,1-2H3,(H,17,19). The summed E-state index contributed by atoms with van der Waals surface area (Å²) in [6.45, 7) is 2.89. The highest BCUT2D eigenvalue weighted by Crippen LogP contribution is 2.29.